The summed E-state index contributed by atoms with van der Waals surface area (Å²) in [5.74, 6) is 0. The number of ether oxygens (including phenoxy) is 1. The average molecular weight is 247 g/mol. The molecule has 0 saturated carbocycles. The molecule has 0 radical (unpaired) electrons. The van der Waals surface area contributed by atoms with Gasteiger partial charge >= 0.3 is 5.30 Å². The van der Waals surface area contributed by atoms with Crippen molar-refractivity contribution in [3.63, 3.8) is 0 Å². The van der Waals surface area contributed by atoms with Crippen LogP contribution in [0.2, 0.25) is 0 Å². The Kier molecular flexibility index (Phi) is 11.1. The normalized spacial score (nSPS) is 15.4. The van der Waals surface area contributed by atoms with Crippen LogP contribution in [0.1, 0.15) is 45.4 Å². The monoisotopic (exact) mass is 247 g/mol. The van der Waals surface area contributed by atoms with Crippen molar-refractivity contribution in [3.8, 4) is 0 Å². The molecule has 0 aliphatic carbocycles. The molecule has 4 heteroatoms. The number of nitrogens with zero attached hydrogens (tertiary/aromatic N) is 1. The van der Waals surface area contributed by atoms with Gasteiger partial charge in [-0.2, -0.15) is 0 Å². The molecule has 0 aromatic heterocycles. The van der Waals surface area contributed by atoms with E-state index >= 15 is 0 Å². The van der Waals surface area contributed by atoms with Crippen LogP contribution < -0.4 is 0 Å². The standard InChI is InChI=1S/C7H14O2S.C5H11N/c1-2-3-4-5-6-9-7(8)10;1-6-4-2-3-5-6/h2-6H2,1H3,(H,8,10);2-5H2,1H3. The van der Waals surface area contributed by atoms with Crippen molar-refractivity contribution in [3.05, 3.63) is 0 Å². The highest BCUT2D eigenvalue weighted by atomic mass is 32.1. The van der Waals surface area contributed by atoms with Gasteiger partial charge in [-0.25, -0.2) is 4.79 Å². The van der Waals surface area contributed by atoms with Gasteiger partial charge in [0.15, 0.2) is 0 Å². The van der Waals surface area contributed by atoms with E-state index in [1.54, 1.807) is 0 Å². The van der Waals surface area contributed by atoms with E-state index in [1.807, 2.05) is 0 Å². The Labute approximate surface area is 105 Å². The van der Waals surface area contributed by atoms with E-state index in [1.165, 1.54) is 38.8 Å². The first-order valence-corrected chi connectivity index (χ1v) is 6.65. The highest BCUT2D eigenvalue weighted by Gasteiger charge is 2.03. The first-order chi connectivity index (χ1) is 7.66. The highest BCUT2D eigenvalue weighted by molar-refractivity contribution is 7.96. The van der Waals surface area contributed by atoms with Crippen LogP contribution in [0.4, 0.5) is 4.79 Å². The van der Waals surface area contributed by atoms with Crippen LogP contribution in [0.5, 0.6) is 0 Å². The molecular weight excluding hydrogens is 222 g/mol. The van der Waals surface area contributed by atoms with Crippen LogP contribution >= 0.6 is 12.6 Å². The second-order valence-corrected chi connectivity index (χ2v) is 4.55. The topological polar surface area (TPSA) is 29.5 Å². The van der Waals surface area contributed by atoms with Gasteiger partial charge in [-0.3, -0.25) is 0 Å². The van der Waals surface area contributed by atoms with Crippen LogP contribution in [0.25, 0.3) is 0 Å². The molecule has 1 aliphatic rings. The molecule has 0 N–H and O–H groups in total. The van der Waals surface area contributed by atoms with Crippen LogP contribution in [-0.4, -0.2) is 36.9 Å². The van der Waals surface area contributed by atoms with Crippen LogP contribution in [0, 0.1) is 0 Å². The molecule has 1 fully saturated rings. The quantitative estimate of drug-likeness (QED) is 0.459. The largest absolute Gasteiger partial charge is 0.458 e. The number of carbonyl (C=O) groups is 1. The van der Waals surface area contributed by atoms with E-state index in [-0.39, 0.29) is 0 Å². The second kappa shape index (κ2) is 11.3. The third kappa shape index (κ3) is 11.9. The summed E-state index contributed by atoms with van der Waals surface area (Å²) in [5, 5.41) is -0.475. The van der Waals surface area contributed by atoms with Gasteiger partial charge < -0.3 is 9.64 Å². The Morgan fingerprint density at radius 3 is 2.25 bits per heavy atom. The minimum atomic E-state index is -0.475. The van der Waals surface area contributed by atoms with E-state index in [2.05, 4.69) is 36.2 Å². The van der Waals surface area contributed by atoms with Crippen molar-refractivity contribution in [1.82, 2.24) is 4.90 Å². The minimum Gasteiger partial charge on any atom is -0.458 e. The van der Waals surface area contributed by atoms with Gasteiger partial charge in [0.2, 0.25) is 0 Å². The summed E-state index contributed by atoms with van der Waals surface area (Å²) in [6, 6.07) is 0. The minimum absolute atomic E-state index is 0.475. The summed E-state index contributed by atoms with van der Waals surface area (Å²) < 4.78 is 4.61. The molecular formula is C12H25NO2S. The smallest absolute Gasteiger partial charge is 0.364 e. The molecule has 0 amide bonds. The Morgan fingerprint density at radius 2 is 1.88 bits per heavy atom. The summed E-state index contributed by atoms with van der Waals surface area (Å²) in [4.78, 5) is 12.5. The molecule has 0 atom stereocenters. The second-order valence-electron chi connectivity index (χ2n) is 4.19. The van der Waals surface area contributed by atoms with Crippen LogP contribution in [-0.2, 0) is 4.74 Å². The maximum Gasteiger partial charge on any atom is 0.364 e. The van der Waals surface area contributed by atoms with E-state index in [0.29, 0.717) is 6.61 Å². The van der Waals surface area contributed by atoms with E-state index in [0.717, 1.165) is 12.8 Å². The molecule has 0 bridgehead atoms. The lowest BCUT2D eigenvalue weighted by Crippen LogP contribution is -2.10. The van der Waals surface area contributed by atoms with Crippen molar-refractivity contribution < 1.29 is 9.53 Å². The first kappa shape index (κ1) is 15.8. The predicted molar refractivity (Wildman–Crippen MR) is 71.2 cm³/mol. The zero-order chi connectivity index (χ0) is 12.2. The number of hydrogen-bond donors (Lipinski definition) is 1. The molecule has 96 valence electrons. The van der Waals surface area contributed by atoms with Gasteiger partial charge in [-0.05, 0) is 39.4 Å². The lowest BCUT2D eigenvalue weighted by Gasteiger charge is -2.01. The number of likely N-dealkylation sites (tertiary alicyclic amines) is 1. The summed E-state index contributed by atoms with van der Waals surface area (Å²) >= 11 is 3.46. The molecule has 1 rings (SSSR count). The molecule has 0 spiro atoms. The van der Waals surface area contributed by atoms with Gasteiger partial charge in [0.1, 0.15) is 0 Å². The van der Waals surface area contributed by atoms with Crippen molar-refractivity contribution in [2.75, 3.05) is 26.7 Å². The maximum atomic E-state index is 10.1. The molecule has 1 saturated heterocycles. The van der Waals surface area contributed by atoms with Crippen molar-refractivity contribution >= 4 is 17.9 Å². The Morgan fingerprint density at radius 1 is 1.25 bits per heavy atom. The summed E-state index contributed by atoms with van der Waals surface area (Å²) in [7, 11) is 2.17. The molecule has 1 heterocycles. The molecule has 3 nitrogen and oxygen atoms in total. The average Bonchev–Trinajstić information content (AvgIpc) is 2.69. The van der Waals surface area contributed by atoms with Crippen molar-refractivity contribution in [1.29, 1.82) is 0 Å². The zero-order valence-electron chi connectivity index (χ0n) is 10.6. The number of thiol groups is 1. The van der Waals surface area contributed by atoms with Gasteiger partial charge in [0, 0.05) is 0 Å². The van der Waals surface area contributed by atoms with Gasteiger partial charge in [0.25, 0.3) is 0 Å². The fraction of sp³-hybridized carbons (Fsp3) is 0.917. The zero-order valence-corrected chi connectivity index (χ0v) is 11.5. The summed E-state index contributed by atoms with van der Waals surface area (Å²) in [6.45, 7) is 5.30. The number of carbonyl (C=O) groups excluding carboxylic acids is 1. The molecule has 0 unspecified atom stereocenters. The van der Waals surface area contributed by atoms with Gasteiger partial charge in [-0.1, -0.05) is 38.8 Å². The fourth-order valence-electron chi connectivity index (χ4n) is 1.56. The number of rotatable bonds is 5. The van der Waals surface area contributed by atoms with Crippen LogP contribution in [0.3, 0.4) is 0 Å². The lowest BCUT2D eigenvalue weighted by molar-refractivity contribution is 0.173. The van der Waals surface area contributed by atoms with E-state index < -0.39 is 5.30 Å². The fourth-order valence-corrected chi connectivity index (χ4v) is 1.65. The summed E-state index contributed by atoms with van der Waals surface area (Å²) in [5.41, 5.74) is 0. The molecule has 1 aliphatic heterocycles. The third-order valence-corrected chi connectivity index (χ3v) is 2.68. The molecule has 0 aromatic rings. The van der Waals surface area contributed by atoms with Gasteiger partial charge in [0.05, 0.1) is 6.61 Å². The number of hydrogen-bond acceptors (Lipinski definition) is 3. The Bertz CT molecular complexity index is 170. The first-order valence-electron chi connectivity index (χ1n) is 6.21. The summed E-state index contributed by atoms with van der Waals surface area (Å²) in [6.07, 6.45) is 7.34. The highest BCUT2D eigenvalue weighted by Crippen LogP contribution is 2.02. The van der Waals surface area contributed by atoms with E-state index in [9.17, 15) is 4.79 Å². The van der Waals surface area contributed by atoms with Crippen molar-refractivity contribution in [2.45, 2.75) is 45.4 Å². The Hall–Kier alpha value is -0.220. The maximum absolute atomic E-state index is 10.1. The predicted octanol–water partition coefficient (Wildman–Crippen LogP) is 3.35. The van der Waals surface area contributed by atoms with E-state index in [4.69, 9.17) is 0 Å². The molecule has 16 heavy (non-hydrogen) atoms. The lowest BCUT2D eigenvalue weighted by atomic mass is 10.2. The van der Waals surface area contributed by atoms with Crippen molar-refractivity contribution in [2.24, 2.45) is 0 Å². The van der Waals surface area contributed by atoms with Gasteiger partial charge in [-0.15, -0.1) is 0 Å². The Balaban J connectivity index is 0.000000315. The number of unbranched alkanes of at least 4 members (excludes halogenated alkanes) is 3. The molecule has 0 aromatic carbocycles. The SMILES string of the molecule is CCCCCCOC(=O)S.CN1CCCC1. The third-order valence-electron chi connectivity index (χ3n) is 2.55. The van der Waals surface area contributed by atoms with Crippen LogP contribution in [0.15, 0.2) is 0 Å².